The maximum Gasteiger partial charge on any atom is 0.330 e. The quantitative estimate of drug-likeness (QED) is 0.492. The smallest absolute Gasteiger partial charge is 0.330 e. The number of aliphatic hydroxyl groups excluding tert-OH is 1. The van der Waals surface area contributed by atoms with Gasteiger partial charge in [0.15, 0.2) is 0 Å². The zero-order chi connectivity index (χ0) is 25.2. The minimum Gasteiger partial charge on any atom is -0.405 e. The molecule has 4 rings (SSSR count). The maximum absolute atomic E-state index is 12.4. The molecule has 1 saturated heterocycles. The highest BCUT2D eigenvalue weighted by atomic mass is 28.4. The Labute approximate surface area is 206 Å². The van der Waals surface area contributed by atoms with Gasteiger partial charge < -0.3 is 14.3 Å². The van der Waals surface area contributed by atoms with Gasteiger partial charge in [-0.25, -0.2) is 4.79 Å². The molecule has 0 saturated carbocycles. The molecular formula is C27H34N2O5Si. The van der Waals surface area contributed by atoms with Crippen molar-refractivity contribution in [2.75, 3.05) is 13.2 Å². The third-order valence-corrected chi connectivity index (χ3v) is 11.9. The summed E-state index contributed by atoms with van der Waals surface area (Å²) >= 11 is 0. The summed E-state index contributed by atoms with van der Waals surface area (Å²) in [6.45, 7) is 8.49. The minimum atomic E-state index is -2.77. The standard InChI is InChI=1S/C27H34N2O5Si/c1-19-16-29(26(32)28-25(19)31)24-15-20(17-30)23(34-24)18-33-35(27(2,3)4,21-11-7-5-8-12-21)22-13-9-6-10-14-22/h5-14,16,20,23-24,30H,15,17-18H2,1-4H3,(H,28,31,32)/t20-,23-,24-/m1/s1. The van der Waals surface area contributed by atoms with Crippen LogP contribution in [0.5, 0.6) is 0 Å². The Morgan fingerprint density at radius 2 is 1.63 bits per heavy atom. The van der Waals surface area contributed by atoms with Gasteiger partial charge in [-0.05, 0) is 22.3 Å². The summed E-state index contributed by atoms with van der Waals surface area (Å²) in [5.41, 5.74) is -0.494. The Kier molecular flexibility index (Phi) is 7.28. The molecule has 1 fully saturated rings. The lowest BCUT2D eigenvalue weighted by Gasteiger charge is -2.43. The fourth-order valence-corrected chi connectivity index (χ4v) is 9.66. The summed E-state index contributed by atoms with van der Waals surface area (Å²) in [5.74, 6) is -0.197. The fourth-order valence-electron chi connectivity index (χ4n) is 5.09. The van der Waals surface area contributed by atoms with Crippen molar-refractivity contribution in [2.45, 2.75) is 51.5 Å². The topological polar surface area (TPSA) is 93.6 Å². The molecule has 2 N–H and O–H groups in total. The third-order valence-electron chi connectivity index (χ3n) is 6.93. The third kappa shape index (κ3) is 4.84. The number of hydrogen-bond donors (Lipinski definition) is 2. The highest BCUT2D eigenvalue weighted by molar-refractivity contribution is 6.99. The number of rotatable bonds is 7. The Balaban J connectivity index is 1.68. The first-order valence-electron chi connectivity index (χ1n) is 12.0. The summed E-state index contributed by atoms with van der Waals surface area (Å²) in [6, 6.07) is 20.7. The number of aryl methyl sites for hydroxylation is 1. The van der Waals surface area contributed by atoms with Gasteiger partial charge in [0.2, 0.25) is 0 Å². The number of benzene rings is 2. The predicted molar refractivity (Wildman–Crippen MR) is 139 cm³/mol. The predicted octanol–water partition coefficient (Wildman–Crippen LogP) is 2.32. The SMILES string of the molecule is Cc1cn([C@H]2C[C@H](CO)[C@@H](CO[Si](c3ccccc3)(c3ccccc3)C(C)(C)C)O2)c(=O)[nH]c1=O. The molecular weight excluding hydrogens is 460 g/mol. The van der Waals surface area contributed by atoms with Gasteiger partial charge in [0, 0.05) is 30.7 Å². The summed E-state index contributed by atoms with van der Waals surface area (Å²) in [4.78, 5) is 26.6. The number of aliphatic hydroxyl groups is 1. The molecule has 35 heavy (non-hydrogen) atoms. The number of aromatic amines is 1. The van der Waals surface area contributed by atoms with Gasteiger partial charge in [-0.15, -0.1) is 0 Å². The van der Waals surface area contributed by atoms with E-state index in [1.807, 2.05) is 36.4 Å². The van der Waals surface area contributed by atoms with E-state index in [0.717, 1.165) is 0 Å². The maximum atomic E-state index is 12.4. The van der Waals surface area contributed by atoms with E-state index >= 15 is 0 Å². The number of hydrogen-bond acceptors (Lipinski definition) is 5. The molecule has 0 radical (unpaired) electrons. The molecule has 3 aromatic rings. The second-order valence-corrected chi connectivity index (χ2v) is 14.6. The molecule has 7 nitrogen and oxygen atoms in total. The molecule has 1 aromatic heterocycles. The molecule has 3 atom stereocenters. The molecule has 2 heterocycles. The first kappa shape index (κ1) is 25.3. The van der Waals surface area contributed by atoms with E-state index in [2.05, 4.69) is 50.0 Å². The number of ether oxygens (including phenoxy) is 1. The zero-order valence-electron chi connectivity index (χ0n) is 20.7. The largest absolute Gasteiger partial charge is 0.405 e. The van der Waals surface area contributed by atoms with Gasteiger partial charge in [0.05, 0.1) is 12.7 Å². The van der Waals surface area contributed by atoms with Crippen molar-refractivity contribution in [1.82, 2.24) is 9.55 Å². The van der Waals surface area contributed by atoms with Crippen LogP contribution in [0.4, 0.5) is 0 Å². The molecule has 2 aromatic carbocycles. The van der Waals surface area contributed by atoms with Crippen LogP contribution in [0.25, 0.3) is 0 Å². The molecule has 0 aliphatic carbocycles. The van der Waals surface area contributed by atoms with Gasteiger partial charge in [0.1, 0.15) is 6.23 Å². The van der Waals surface area contributed by atoms with Gasteiger partial charge in [-0.1, -0.05) is 81.4 Å². The second kappa shape index (κ2) is 10.1. The van der Waals surface area contributed by atoms with E-state index in [1.54, 1.807) is 6.92 Å². The lowest BCUT2D eigenvalue weighted by molar-refractivity contribution is -0.0334. The average Bonchev–Trinajstić information content (AvgIpc) is 3.25. The summed E-state index contributed by atoms with van der Waals surface area (Å²) in [7, 11) is -2.77. The summed E-state index contributed by atoms with van der Waals surface area (Å²) < 4.78 is 14.7. The van der Waals surface area contributed by atoms with Gasteiger partial charge in [-0.2, -0.15) is 0 Å². The van der Waals surface area contributed by atoms with Crippen molar-refractivity contribution in [3.05, 3.63) is 93.3 Å². The number of aromatic nitrogens is 2. The van der Waals surface area contributed by atoms with Crippen molar-refractivity contribution in [3.63, 3.8) is 0 Å². The van der Waals surface area contributed by atoms with Crippen LogP contribution in [-0.2, 0) is 9.16 Å². The zero-order valence-corrected chi connectivity index (χ0v) is 21.7. The Bertz CT molecular complexity index is 1210. The van der Waals surface area contributed by atoms with Crippen LogP contribution in [-0.4, -0.2) is 42.3 Å². The normalized spacial score (nSPS) is 20.8. The molecule has 0 unspecified atom stereocenters. The second-order valence-electron chi connectivity index (χ2n) is 10.3. The summed E-state index contributed by atoms with van der Waals surface area (Å²) in [6.07, 6.45) is 0.996. The molecule has 0 spiro atoms. The molecule has 0 bridgehead atoms. The van der Waals surface area contributed by atoms with E-state index < -0.39 is 31.9 Å². The monoisotopic (exact) mass is 494 g/mol. The van der Waals surface area contributed by atoms with Crippen LogP contribution in [0.3, 0.4) is 0 Å². The molecule has 1 aliphatic rings. The first-order chi connectivity index (χ1) is 16.7. The van der Waals surface area contributed by atoms with E-state index in [9.17, 15) is 14.7 Å². The fraction of sp³-hybridized carbons (Fsp3) is 0.407. The highest BCUT2D eigenvalue weighted by Crippen LogP contribution is 2.39. The lowest BCUT2D eigenvalue weighted by Crippen LogP contribution is -2.67. The number of nitrogens with zero attached hydrogens (tertiary/aromatic N) is 1. The van der Waals surface area contributed by atoms with E-state index in [-0.39, 0.29) is 24.2 Å². The van der Waals surface area contributed by atoms with E-state index in [1.165, 1.54) is 21.1 Å². The lowest BCUT2D eigenvalue weighted by atomic mass is 10.0. The van der Waals surface area contributed by atoms with Crippen molar-refractivity contribution < 1.29 is 14.3 Å². The molecule has 1 aliphatic heterocycles. The Hall–Kier alpha value is -2.78. The van der Waals surface area contributed by atoms with Crippen molar-refractivity contribution in [2.24, 2.45) is 5.92 Å². The highest BCUT2D eigenvalue weighted by Gasteiger charge is 2.51. The number of nitrogens with one attached hydrogen (secondary N) is 1. The molecule has 8 heteroatoms. The molecule has 186 valence electrons. The van der Waals surface area contributed by atoms with Crippen LogP contribution in [0.15, 0.2) is 76.4 Å². The summed E-state index contributed by atoms with van der Waals surface area (Å²) in [5, 5.41) is 12.3. The van der Waals surface area contributed by atoms with Gasteiger partial charge in [-0.3, -0.25) is 14.3 Å². The number of H-pyrrole nitrogens is 1. The van der Waals surface area contributed by atoms with Crippen molar-refractivity contribution in [1.29, 1.82) is 0 Å². The Morgan fingerprint density at radius 1 is 1.06 bits per heavy atom. The van der Waals surface area contributed by atoms with Crippen LogP contribution in [0.1, 0.15) is 39.0 Å². The van der Waals surface area contributed by atoms with Gasteiger partial charge >= 0.3 is 5.69 Å². The average molecular weight is 495 g/mol. The van der Waals surface area contributed by atoms with E-state index in [4.69, 9.17) is 9.16 Å². The molecule has 0 amide bonds. The minimum absolute atomic E-state index is 0.0810. The van der Waals surface area contributed by atoms with Crippen molar-refractivity contribution in [3.8, 4) is 0 Å². The Morgan fingerprint density at radius 3 is 2.14 bits per heavy atom. The first-order valence-corrected chi connectivity index (χ1v) is 13.9. The van der Waals surface area contributed by atoms with Crippen LogP contribution in [0, 0.1) is 12.8 Å². The van der Waals surface area contributed by atoms with Crippen LogP contribution in [0.2, 0.25) is 5.04 Å². The van der Waals surface area contributed by atoms with Crippen LogP contribution >= 0.6 is 0 Å². The van der Waals surface area contributed by atoms with Crippen molar-refractivity contribution >= 4 is 18.7 Å². The van der Waals surface area contributed by atoms with Crippen LogP contribution < -0.4 is 21.6 Å². The van der Waals surface area contributed by atoms with Gasteiger partial charge in [0.25, 0.3) is 13.9 Å². The van der Waals surface area contributed by atoms with E-state index in [0.29, 0.717) is 12.0 Å².